The van der Waals surface area contributed by atoms with Gasteiger partial charge in [0.05, 0.1) is 6.61 Å². The van der Waals surface area contributed by atoms with Crippen molar-refractivity contribution in [2.75, 3.05) is 11.9 Å². The summed E-state index contributed by atoms with van der Waals surface area (Å²) < 4.78 is 5.82. The molecule has 0 heterocycles. The predicted octanol–water partition coefficient (Wildman–Crippen LogP) is 6.49. The Hall–Kier alpha value is -3.96. The lowest BCUT2D eigenvalue weighted by Crippen LogP contribution is -2.34. The average Bonchev–Trinajstić information content (AvgIpc) is 2.89. The maximum Gasteiger partial charge on any atom is 0.257 e. The van der Waals surface area contributed by atoms with Crippen LogP contribution in [0.5, 0.6) is 5.75 Å². The van der Waals surface area contributed by atoms with E-state index in [9.17, 15) is 4.79 Å². The molecule has 0 saturated heterocycles. The second-order valence-electron chi connectivity index (χ2n) is 7.81. The minimum absolute atomic E-state index is 0.244. The third-order valence-corrected chi connectivity index (χ3v) is 5.52. The van der Waals surface area contributed by atoms with Crippen molar-refractivity contribution in [2.24, 2.45) is 0 Å². The van der Waals surface area contributed by atoms with Crippen molar-refractivity contribution < 1.29 is 9.53 Å². The molecule has 0 unspecified atom stereocenters. The van der Waals surface area contributed by atoms with Gasteiger partial charge < -0.3 is 10.1 Å². The molecule has 4 nitrogen and oxygen atoms in total. The van der Waals surface area contributed by atoms with E-state index in [0.29, 0.717) is 12.2 Å². The van der Waals surface area contributed by atoms with E-state index in [-0.39, 0.29) is 11.0 Å². The molecule has 0 aliphatic rings. The standard InChI is InChI=1S/C29H26N2O2S/c32-28(25-15-13-24(14-16-25)23-11-5-2-6-12-23)31-29(34)30-26-17-19-27(20-18-26)33-21-7-10-22-8-3-1-4-9-22/h1-6,8-9,11-20H,7,10,21H2,(H2,30,31,32,34). The van der Waals surface area contributed by atoms with E-state index < -0.39 is 0 Å². The summed E-state index contributed by atoms with van der Waals surface area (Å²) in [6.07, 6.45) is 1.94. The van der Waals surface area contributed by atoms with Gasteiger partial charge in [-0.15, -0.1) is 0 Å². The minimum atomic E-state index is -0.254. The molecule has 0 radical (unpaired) electrons. The van der Waals surface area contributed by atoms with E-state index in [0.717, 1.165) is 35.4 Å². The van der Waals surface area contributed by atoms with Crippen molar-refractivity contribution in [1.29, 1.82) is 0 Å². The Morgan fingerprint density at radius 2 is 1.35 bits per heavy atom. The first-order chi connectivity index (χ1) is 16.7. The zero-order valence-corrected chi connectivity index (χ0v) is 19.6. The van der Waals surface area contributed by atoms with E-state index >= 15 is 0 Å². The molecule has 0 aromatic heterocycles. The largest absolute Gasteiger partial charge is 0.494 e. The van der Waals surface area contributed by atoms with Crippen LogP contribution in [-0.2, 0) is 6.42 Å². The number of carbonyl (C=O) groups is 1. The zero-order chi connectivity index (χ0) is 23.6. The number of hydrogen-bond acceptors (Lipinski definition) is 3. The molecule has 5 heteroatoms. The van der Waals surface area contributed by atoms with E-state index in [1.54, 1.807) is 12.1 Å². The quantitative estimate of drug-likeness (QED) is 0.230. The average molecular weight is 467 g/mol. The molecular formula is C29H26N2O2S. The molecule has 0 atom stereocenters. The Balaban J connectivity index is 1.22. The fourth-order valence-corrected chi connectivity index (χ4v) is 3.74. The zero-order valence-electron chi connectivity index (χ0n) is 18.7. The first kappa shape index (κ1) is 23.2. The minimum Gasteiger partial charge on any atom is -0.494 e. The Labute approximate surface area is 205 Å². The number of aryl methyl sites for hydroxylation is 1. The molecule has 0 fully saturated rings. The molecule has 2 N–H and O–H groups in total. The number of anilines is 1. The van der Waals surface area contributed by atoms with Crippen LogP contribution in [0.2, 0.25) is 0 Å². The molecule has 1 amide bonds. The number of thiocarbonyl (C=S) groups is 1. The van der Waals surface area contributed by atoms with Gasteiger partial charge in [0.1, 0.15) is 5.75 Å². The summed E-state index contributed by atoms with van der Waals surface area (Å²) >= 11 is 5.31. The van der Waals surface area contributed by atoms with E-state index in [2.05, 4.69) is 34.9 Å². The lowest BCUT2D eigenvalue weighted by atomic mass is 10.0. The van der Waals surface area contributed by atoms with E-state index in [1.165, 1.54) is 5.56 Å². The summed E-state index contributed by atoms with van der Waals surface area (Å²) in [5, 5.41) is 6.01. The predicted molar refractivity (Wildman–Crippen MR) is 142 cm³/mol. The van der Waals surface area contributed by atoms with Gasteiger partial charge in [0, 0.05) is 11.3 Å². The number of ether oxygens (including phenoxy) is 1. The van der Waals surface area contributed by atoms with Crippen molar-refractivity contribution >= 4 is 28.9 Å². The molecule has 34 heavy (non-hydrogen) atoms. The number of amides is 1. The molecule has 0 aliphatic heterocycles. The number of benzene rings is 4. The molecule has 4 aromatic rings. The second-order valence-corrected chi connectivity index (χ2v) is 8.22. The number of rotatable bonds is 8. The van der Waals surface area contributed by atoms with Crippen LogP contribution in [0.3, 0.4) is 0 Å². The Kier molecular flexibility index (Phi) is 8.04. The molecule has 0 bridgehead atoms. The summed E-state index contributed by atoms with van der Waals surface area (Å²) in [6, 6.07) is 35.4. The van der Waals surface area contributed by atoms with Gasteiger partial charge in [-0.2, -0.15) is 0 Å². The monoisotopic (exact) mass is 466 g/mol. The summed E-state index contributed by atoms with van der Waals surface area (Å²) in [4.78, 5) is 12.5. The van der Waals surface area contributed by atoms with Crippen LogP contribution in [0.25, 0.3) is 11.1 Å². The van der Waals surface area contributed by atoms with E-state index in [1.807, 2.05) is 72.8 Å². The van der Waals surface area contributed by atoms with Crippen LogP contribution in [0, 0.1) is 0 Å². The maximum absolute atomic E-state index is 12.5. The smallest absolute Gasteiger partial charge is 0.257 e. The van der Waals surface area contributed by atoms with Gasteiger partial charge in [-0.25, -0.2) is 0 Å². The lowest BCUT2D eigenvalue weighted by Gasteiger charge is -2.11. The number of carbonyl (C=O) groups excluding carboxylic acids is 1. The summed E-state index contributed by atoms with van der Waals surface area (Å²) in [6.45, 7) is 0.652. The van der Waals surface area contributed by atoms with Crippen molar-refractivity contribution in [1.82, 2.24) is 5.32 Å². The van der Waals surface area contributed by atoms with Crippen molar-refractivity contribution in [2.45, 2.75) is 12.8 Å². The SMILES string of the molecule is O=C(NC(=S)Nc1ccc(OCCCc2ccccc2)cc1)c1ccc(-c2ccccc2)cc1. The fraction of sp³-hybridized carbons (Fsp3) is 0.103. The van der Waals surface area contributed by atoms with Gasteiger partial charge in [0.15, 0.2) is 5.11 Å². The van der Waals surface area contributed by atoms with Crippen LogP contribution >= 0.6 is 12.2 Å². The van der Waals surface area contributed by atoms with Crippen LogP contribution in [0.4, 0.5) is 5.69 Å². The van der Waals surface area contributed by atoms with Gasteiger partial charge in [0.25, 0.3) is 5.91 Å². The van der Waals surface area contributed by atoms with Crippen LogP contribution in [-0.4, -0.2) is 17.6 Å². The topological polar surface area (TPSA) is 50.4 Å². The summed E-state index contributed by atoms with van der Waals surface area (Å²) in [5.74, 6) is 0.544. The van der Waals surface area contributed by atoms with Crippen LogP contribution in [0.15, 0.2) is 109 Å². The first-order valence-corrected chi connectivity index (χ1v) is 11.6. The molecular weight excluding hydrogens is 440 g/mol. The molecule has 0 aliphatic carbocycles. The van der Waals surface area contributed by atoms with E-state index in [4.69, 9.17) is 17.0 Å². The molecule has 0 saturated carbocycles. The Bertz CT molecular complexity index is 1210. The fourth-order valence-electron chi connectivity index (χ4n) is 3.53. The van der Waals surface area contributed by atoms with Gasteiger partial charge in [0.2, 0.25) is 0 Å². The maximum atomic E-state index is 12.5. The number of nitrogens with one attached hydrogen (secondary N) is 2. The van der Waals surface area contributed by atoms with Crippen molar-refractivity contribution in [3.63, 3.8) is 0 Å². The highest BCUT2D eigenvalue weighted by molar-refractivity contribution is 7.80. The highest BCUT2D eigenvalue weighted by Gasteiger charge is 2.09. The van der Waals surface area contributed by atoms with Crippen molar-refractivity contribution in [3.8, 4) is 16.9 Å². The van der Waals surface area contributed by atoms with Crippen LogP contribution < -0.4 is 15.4 Å². The second kappa shape index (κ2) is 11.8. The number of hydrogen-bond donors (Lipinski definition) is 2. The molecule has 170 valence electrons. The summed E-state index contributed by atoms with van der Waals surface area (Å²) in [7, 11) is 0. The Morgan fingerprint density at radius 1 is 0.735 bits per heavy atom. The summed E-state index contributed by atoms with van der Waals surface area (Å²) in [5.41, 5.74) is 4.80. The van der Waals surface area contributed by atoms with Gasteiger partial charge in [-0.05, 0) is 78.1 Å². The molecule has 4 aromatic carbocycles. The third-order valence-electron chi connectivity index (χ3n) is 5.31. The highest BCUT2D eigenvalue weighted by atomic mass is 32.1. The van der Waals surface area contributed by atoms with Gasteiger partial charge in [-0.3, -0.25) is 10.1 Å². The molecule has 0 spiro atoms. The van der Waals surface area contributed by atoms with Crippen LogP contribution in [0.1, 0.15) is 22.3 Å². The van der Waals surface area contributed by atoms with Gasteiger partial charge >= 0.3 is 0 Å². The third kappa shape index (κ3) is 6.77. The molecule has 4 rings (SSSR count). The van der Waals surface area contributed by atoms with Gasteiger partial charge in [-0.1, -0.05) is 72.8 Å². The van der Waals surface area contributed by atoms with Crippen molar-refractivity contribution in [3.05, 3.63) is 120 Å². The normalized spacial score (nSPS) is 10.4. The Morgan fingerprint density at radius 3 is 2.03 bits per heavy atom. The lowest BCUT2D eigenvalue weighted by molar-refractivity contribution is 0.0977. The highest BCUT2D eigenvalue weighted by Crippen LogP contribution is 2.19. The first-order valence-electron chi connectivity index (χ1n) is 11.2.